The molecule has 142 valence electrons. The second-order valence-corrected chi connectivity index (χ2v) is 6.53. The minimum absolute atomic E-state index is 0.272. The molecule has 4 N–H and O–H groups in total. The van der Waals surface area contributed by atoms with Gasteiger partial charge in [-0.05, 0) is 47.8 Å². The summed E-state index contributed by atoms with van der Waals surface area (Å²) in [5, 5.41) is 14.2. The van der Waals surface area contributed by atoms with Gasteiger partial charge in [0, 0.05) is 23.8 Å². The predicted molar refractivity (Wildman–Crippen MR) is 111 cm³/mol. The van der Waals surface area contributed by atoms with Crippen LogP contribution in [-0.2, 0) is 0 Å². The van der Waals surface area contributed by atoms with Gasteiger partial charge in [-0.3, -0.25) is 9.59 Å². The molecule has 28 heavy (non-hydrogen) atoms. The summed E-state index contributed by atoms with van der Waals surface area (Å²) in [5.74, 6) is -0.626. The minimum Gasteiger partial charge on any atom is -0.341 e. The number of hydrogen-bond acceptors (Lipinski definition) is 4. The van der Waals surface area contributed by atoms with Crippen molar-refractivity contribution in [2.24, 2.45) is 0 Å². The molecular formula is C20H18N4O3S. The number of thiophene rings is 1. The van der Waals surface area contributed by atoms with Gasteiger partial charge in [0.25, 0.3) is 11.8 Å². The summed E-state index contributed by atoms with van der Waals surface area (Å²) in [5.41, 5.74) is 2.47. The van der Waals surface area contributed by atoms with E-state index in [1.54, 1.807) is 60.0 Å². The fraction of sp³-hybridized carbons (Fsp3) is 0.0500. The Balaban J connectivity index is 1.71. The van der Waals surface area contributed by atoms with Crippen molar-refractivity contribution in [3.05, 3.63) is 76.5 Å². The van der Waals surface area contributed by atoms with Gasteiger partial charge < -0.3 is 21.3 Å². The number of benzene rings is 2. The zero-order valence-electron chi connectivity index (χ0n) is 15.0. The number of amides is 4. The fourth-order valence-electron chi connectivity index (χ4n) is 2.41. The predicted octanol–water partition coefficient (Wildman–Crippen LogP) is 4.00. The molecule has 0 bridgehead atoms. The molecule has 1 aromatic heterocycles. The normalized spacial score (nSPS) is 10.0. The van der Waals surface area contributed by atoms with Crippen LogP contribution in [0.3, 0.4) is 0 Å². The van der Waals surface area contributed by atoms with Gasteiger partial charge >= 0.3 is 6.03 Å². The van der Waals surface area contributed by atoms with Crippen molar-refractivity contribution in [3.63, 3.8) is 0 Å². The van der Waals surface area contributed by atoms with Crippen molar-refractivity contribution in [1.29, 1.82) is 0 Å². The van der Waals surface area contributed by atoms with Crippen LogP contribution < -0.4 is 21.3 Å². The van der Waals surface area contributed by atoms with Crippen LogP contribution in [0.2, 0.25) is 0 Å². The van der Waals surface area contributed by atoms with Crippen LogP contribution >= 0.6 is 11.3 Å². The number of carbonyl (C=O) groups excluding carboxylic acids is 3. The van der Waals surface area contributed by atoms with Crippen LogP contribution in [0.1, 0.15) is 20.7 Å². The van der Waals surface area contributed by atoms with E-state index >= 15 is 0 Å². The van der Waals surface area contributed by atoms with E-state index in [-0.39, 0.29) is 17.8 Å². The minimum atomic E-state index is -0.353. The molecule has 0 spiro atoms. The van der Waals surface area contributed by atoms with Crippen LogP contribution in [0.4, 0.5) is 21.9 Å². The van der Waals surface area contributed by atoms with Gasteiger partial charge in [0.05, 0.1) is 16.8 Å². The molecule has 0 aliphatic rings. The lowest BCUT2D eigenvalue weighted by Crippen LogP contribution is -2.24. The Morgan fingerprint density at radius 1 is 0.786 bits per heavy atom. The molecule has 0 saturated heterocycles. The SMILES string of the molecule is CNC(=O)Nc1ccc(NC(=O)c2ccccc2NC(=O)c2ccsc2)cc1. The highest BCUT2D eigenvalue weighted by atomic mass is 32.1. The van der Waals surface area contributed by atoms with E-state index in [4.69, 9.17) is 0 Å². The Morgan fingerprint density at radius 2 is 1.46 bits per heavy atom. The Hall–Kier alpha value is -3.65. The van der Waals surface area contributed by atoms with Crippen LogP contribution in [0.25, 0.3) is 0 Å². The van der Waals surface area contributed by atoms with Crippen LogP contribution in [0.15, 0.2) is 65.4 Å². The highest BCUT2D eigenvalue weighted by Gasteiger charge is 2.14. The van der Waals surface area contributed by atoms with Gasteiger partial charge in [-0.25, -0.2) is 4.79 Å². The Kier molecular flexibility index (Phi) is 6.03. The molecule has 0 fully saturated rings. The third-order valence-corrected chi connectivity index (χ3v) is 4.51. The quantitative estimate of drug-likeness (QED) is 0.526. The molecule has 0 saturated carbocycles. The van der Waals surface area contributed by atoms with Crippen molar-refractivity contribution < 1.29 is 14.4 Å². The first-order valence-corrected chi connectivity index (χ1v) is 9.34. The molecule has 0 atom stereocenters. The van der Waals surface area contributed by atoms with Crippen molar-refractivity contribution >= 4 is 46.2 Å². The summed E-state index contributed by atoms with van der Waals surface area (Å²) in [6.45, 7) is 0. The number of para-hydroxylation sites is 1. The number of rotatable bonds is 5. The Bertz CT molecular complexity index is 985. The molecule has 0 aliphatic heterocycles. The Morgan fingerprint density at radius 3 is 2.11 bits per heavy atom. The lowest BCUT2D eigenvalue weighted by molar-refractivity contribution is 0.102. The summed E-state index contributed by atoms with van der Waals surface area (Å²) in [6.07, 6.45) is 0. The van der Waals surface area contributed by atoms with E-state index in [9.17, 15) is 14.4 Å². The summed E-state index contributed by atoms with van der Waals surface area (Å²) < 4.78 is 0. The van der Waals surface area contributed by atoms with E-state index in [0.717, 1.165) is 0 Å². The number of anilines is 3. The van der Waals surface area contributed by atoms with E-state index in [1.165, 1.54) is 18.4 Å². The topological polar surface area (TPSA) is 99.3 Å². The van der Waals surface area contributed by atoms with Crippen molar-refractivity contribution in [1.82, 2.24) is 5.32 Å². The summed E-state index contributed by atoms with van der Waals surface area (Å²) in [7, 11) is 1.53. The monoisotopic (exact) mass is 394 g/mol. The average Bonchev–Trinajstić information content (AvgIpc) is 3.25. The standard InChI is InChI=1S/C20H18N4O3S/c1-21-20(27)23-15-8-6-14(7-9-15)22-19(26)16-4-2-3-5-17(16)24-18(25)13-10-11-28-12-13/h2-12H,1H3,(H,22,26)(H,24,25)(H2,21,23,27). The van der Waals surface area contributed by atoms with Gasteiger partial charge in [0.1, 0.15) is 0 Å². The molecule has 2 aromatic carbocycles. The average molecular weight is 394 g/mol. The first-order valence-electron chi connectivity index (χ1n) is 8.39. The molecule has 0 radical (unpaired) electrons. The van der Waals surface area contributed by atoms with Crippen molar-refractivity contribution in [2.75, 3.05) is 23.0 Å². The number of hydrogen-bond donors (Lipinski definition) is 4. The smallest absolute Gasteiger partial charge is 0.318 e. The highest BCUT2D eigenvalue weighted by Crippen LogP contribution is 2.20. The van der Waals surface area contributed by atoms with E-state index < -0.39 is 0 Å². The van der Waals surface area contributed by atoms with Gasteiger partial charge in [0.2, 0.25) is 0 Å². The van der Waals surface area contributed by atoms with Gasteiger partial charge in [0.15, 0.2) is 0 Å². The van der Waals surface area contributed by atoms with E-state index in [1.807, 2.05) is 5.38 Å². The molecule has 1 heterocycles. The van der Waals surface area contributed by atoms with Crippen molar-refractivity contribution in [2.45, 2.75) is 0 Å². The molecule has 0 unspecified atom stereocenters. The number of carbonyl (C=O) groups is 3. The van der Waals surface area contributed by atoms with Crippen LogP contribution in [0, 0.1) is 0 Å². The molecule has 7 nitrogen and oxygen atoms in total. The maximum Gasteiger partial charge on any atom is 0.318 e. The first-order chi connectivity index (χ1) is 13.6. The zero-order chi connectivity index (χ0) is 19.9. The van der Waals surface area contributed by atoms with E-state index in [2.05, 4.69) is 21.3 Å². The summed E-state index contributed by atoms with van der Waals surface area (Å²) in [4.78, 5) is 36.3. The lowest BCUT2D eigenvalue weighted by atomic mass is 10.1. The molecule has 0 aliphatic carbocycles. The number of nitrogens with one attached hydrogen (secondary N) is 4. The summed E-state index contributed by atoms with van der Waals surface area (Å²) >= 11 is 1.43. The van der Waals surface area contributed by atoms with Gasteiger partial charge in [-0.15, -0.1) is 0 Å². The molecule has 3 rings (SSSR count). The molecule has 4 amide bonds. The number of urea groups is 1. The maximum atomic E-state index is 12.7. The van der Waals surface area contributed by atoms with Crippen molar-refractivity contribution in [3.8, 4) is 0 Å². The van der Waals surface area contributed by atoms with Crippen LogP contribution in [-0.4, -0.2) is 24.9 Å². The second-order valence-electron chi connectivity index (χ2n) is 5.75. The van der Waals surface area contributed by atoms with Gasteiger partial charge in [-0.1, -0.05) is 12.1 Å². The summed E-state index contributed by atoms with van der Waals surface area (Å²) in [6, 6.07) is 14.9. The zero-order valence-corrected chi connectivity index (χ0v) is 15.8. The second kappa shape index (κ2) is 8.83. The highest BCUT2D eigenvalue weighted by molar-refractivity contribution is 7.08. The maximum absolute atomic E-state index is 12.7. The largest absolute Gasteiger partial charge is 0.341 e. The third kappa shape index (κ3) is 4.74. The lowest BCUT2D eigenvalue weighted by Gasteiger charge is -2.12. The molecule has 3 aromatic rings. The molecule has 8 heteroatoms. The molecular weight excluding hydrogens is 376 g/mol. The van der Waals surface area contributed by atoms with Crippen LogP contribution in [0.5, 0.6) is 0 Å². The van der Waals surface area contributed by atoms with Gasteiger partial charge in [-0.2, -0.15) is 11.3 Å². The fourth-order valence-corrected chi connectivity index (χ4v) is 3.04. The third-order valence-electron chi connectivity index (χ3n) is 3.83. The van der Waals surface area contributed by atoms with E-state index in [0.29, 0.717) is 28.2 Å². The first kappa shape index (κ1) is 19.1. The Labute approximate surface area is 165 Å².